The van der Waals surface area contributed by atoms with Crippen molar-refractivity contribution in [1.82, 2.24) is 4.98 Å². The summed E-state index contributed by atoms with van der Waals surface area (Å²) < 4.78 is 0. The molecule has 0 aliphatic carbocycles. The molecular formula is C16H19N3OS. The minimum atomic E-state index is 0.00669. The summed E-state index contributed by atoms with van der Waals surface area (Å²) in [7, 11) is 0. The molecule has 5 heteroatoms. The van der Waals surface area contributed by atoms with Crippen molar-refractivity contribution in [3.8, 4) is 0 Å². The number of rotatable bonds is 4. The molecule has 0 atom stereocenters. The van der Waals surface area contributed by atoms with Crippen LogP contribution in [0.25, 0.3) is 0 Å². The standard InChI is InChI=1S/C16H19N3OS/c1-12-13(6-9-21-12)10-16(20)18-14-4-5-15(17-11-14)19-7-2-3-8-19/h4-6,9,11H,2-3,7-8,10H2,1H3,(H,18,20). The van der Waals surface area contributed by atoms with Gasteiger partial charge in [-0.2, -0.15) is 0 Å². The number of carbonyl (C=O) groups is 1. The Labute approximate surface area is 128 Å². The van der Waals surface area contributed by atoms with Crippen molar-refractivity contribution in [2.45, 2.75) is 26.2 Å². The summed E-state index contributed by atoms with van der Waals surface area (Å²) in [5, 5.41) is 4.93. The van der Waals surface area contributed by atoms with Crippen LogP contribution in [0, 0.1) is 6.92 Å². The molecule has 4 nitrogen and oxygen atoms in total. The van der Waals surface area contributed by atoms with Crippen molar-refractivity contribution in [3.05, 3.63) is 40.2 Å². The van der Waals surface area contributed by atoms with E-state index in [4.69, 9.17) is 0 Å². The minimum Gasteiger partial charge on any atom is -0.357 e. The Bertz CT molecular complexity index is 615. The SMILES string of the molecule is Cc1sccc1CC(=O)Nc1ccc(N2CCCC2)nc1. The fourth-order valence-electron chi connectivity index (χ4n) is 2.57. The van der Waals surface area contributed by atoms with E-state index in [2.05, 4.69) is 15.2 Å². The molecule has 2 aromatic rings. The molecule has 3 heterocycles. The monoisotopic (exact) mass is 301 g/mol. The zero-order valence-corrected chi connectivity index (χ0v) is 12.9. The molecule has 1 N–H and O–H groups in total. The zero-order valence-electron chi connectivity index (χ0n) is 12.1. The smallest absolute Gasteiger partial charge is 0.228 e. The summed E-state index contributed by atoms with van der Waals surface area (Å²) in [6, 6.07) is 5.92. The lowest BCUT2D eigenvalue weighted by Crippen LogP contribution is -2.19. The molecule has 1 saturated heterocycles. The third-order valence-electron chi connectivity index (χ3n) is 3.78. The lowest BCUT2D eigenvalue weighted by molar-refractivity contribution is -0.115. The number of thiophene rings is 1. The number of carbonyl (C=O) groups excluding carboxylic acids is 1. The lowest BCUT2D eigenvalue weighted by atomic mass is 10.2. The van der Waals surface area contributed by atoms with E-state index < -0.39 is 0 Å². The van der Waals surface area contributed by atoms with Gasteiger partial charge in [0.2, 0.25) is 5.91 Å². The zero-order chi connectivity index (χ0) is 14.7. The molecule has 0 saturated carbocycles. The van der Waals surface area contributed by atoms with Crippen LogP contribution < -0.4 is 10.2 Å². The van der Waals surface area contributed by atoms with E-state index in [1.54, 1.807) is 17.5 Å². The van der Waals surface area contributed by atoms with Crippen molar-refractivity contribution in [2.75, 3.05) is 23.3 Å². The number of anilines is 2. The molecule has 21 heavy (non-hydrogen) atoms. The first-order valence-corrected chi connectivity index (χ1v) is 8.14. The summed E-state index contributed by atoms with van der Waals surface area (Å²) in [5.74, 6) is 1.01. The van der Waals surface area contributed by atoms with Crippen molar-refractivity contribution in [2.24, 2.45) is 0 Å². The van der Waals surface area contributed by atoms with Crippen LogP contribution in [0.2, 0.25) is 0 Å². The maximum Gasteiger partial charge on any atom is 0.228 e. The number of nitrogens with one attached hydrogen (secondary N) is 1. The maximum atomic E-state index is 12.0. The van der Waals surface area contributed by atoms with Gasteiger partial charge in [-0.05, 0) is 48.9 Å². The summed E-state index contributed by atoms with van der Waals surface area (Å²) in [4.78, 5) is 19.9. The van der Waals surface area contributed by atoms with Crippen LogP contribution in [0.5, 0.6) is 0 Å². The molecule has 0 aromatic carbocycles. The number of hydrogen-bond donors (Lipinski definition) is 1. The Balaban J connectivity index is 1.59. The van der Waals surface area contributed by atoms with E-state index in [-0.39, 0.29) is 5.91 Å². The van der Waals surface area contributed by atoms with E-state index >= 15 is 0 Å². The normalized spacial score (nSPS) is 14.4. The number of pyridine rings is 1. The summed E-state index contributed by atoms with van der Waals surface area (Å²) in [5.41, 5.74) is 1.86. The number of nitrogens with zero attached hydrogens (tertiary/aromatic N) is 2. The van der Waals surface area contributed by atoms with Gasteiger partial charge in [-0.25, -0.2) is 4.98 Å². The Morgan fingerprint density at radius 2 is 2.14 bits per heavy atom. The largest absolute Gasteiger partial charge is 0.357 e. The van der Waals surface area contributed by atoms with Crippen LogP contribution in [0.3, 0.4) is 0 Å². The predicted octanol–water partition coefficient (Wildman–Crippen LogP) is 3.23. The van der Waals surface area contributed by atoms with Crippen molar-refractivity contribution >= 4 is 28.7 Å². The highest BCUT2D eigenvalue weighted by Crippen LogP contribution is 2.20. The van der Waals surface area contributed by atoms with Crippen LogP contribution in [0.4, 0.5) is 11.5 Å². The number of hydrogen-bond acceptors (Lipinski definition) is 4. The van der Waals surface area contributed by atoms with Gasteiger partial charge in [0, 0.05) is 18.0 Å². The molecule has 3 rings (SSSR count). The van der Waals surface area contributed by atoms with Crippen LogP contribution >= 0.6 is 11.3 Å². The van der Waals surface area contributed by atoms with Crippen LogP contribution in [0.15, 0.2) is 29.8 Å². The first-order valence-electron chi connectivity index (χ1n) is 7.26. The van der Waals surface area contributed by atoms with Gasteiger partial charge in [-0.15, -0.1) is 11.3 Å². The van der Waals surface area contributed by atoms with Gasteiger partial charge >= 0.3 is 0 Å². The van der Waals surface area contributed by atoms with Crippen molar-refractivity contribution in [1.29, 1.82) is 0 Å². The van der Waals surface area contributed by atoms with E-state index in [0.717, 1.165) is 30.2 Å². The maximum absolute atomic E-state index is 12.0. The fourth-order valence-corrected chi connectivity index (χ4v) is 3.29. The van der Waals surface area contributed by atoms with Crippen molar-refractivity contribution < 1.29 is 4.79 Å². The van der Waals surface area contributed by atoms with Crippen LogP contribution in [0.1, 0.15) is 23.3 Å². The average molecular weight is 301 g/mol. The highest BCUT2D eigenvalue weighted by atomic mass is 32.1. The van der Waals surface area contributed by atoms with Crippen LogP contribution in [-0.4, -0.2) is 24.0 Å². The van der Waals surface area contributed by atoms with Gasteiger partial charge in [0.25, 0.3) is 0 Å². The first-order chi connectivity index (χ1) is 10.2. The lowest BCUT2D eigenvalue weighted by Gasteiger charge is -2.16. The second-order valence-electron chi connectivity index (χ2n) is 5.33. The number of aryl methyl sites for hydroxylation is 1. The molecular weight excluding hydrogens is 282 g/mol. The molecule has 0 spiro atoms. The third-order valence-corrected chi connectivity index (χ3v) is 4.67. The number of aromatic nitrogens is 1. The fraction of sp³-hybridized carbons (Fsp3) is 0.375. The summed E-state index contributed by atoms with van der Waals surface area (Å²) in [6.45, 7) is 4.20. The first kappa shape index (κ1) is 14.1. The van der Waals surface area contributed by atoms with Crippen molar-refractivity contribution in [3.63, 3.8) is 0 Å². The second-order valence-corrected chi connectivity index (χ2v) is 6.45. The molecule has 110 valence electrons. The van der Waals surface area contributed by atoms with E-state index in [9.17, 15) is 4.79 Å². The molecule has 0 radical (unpaired) electrons. The summed E-state index contributed by atoms with van der Waals surface area (Å²) in [6.07, 6.45) is 4.63. The molecule has 1 amide bonds. The molecule has 1 aliphatic heterocycles. The van der Waals surface area contributed by atoms with E-state index in [0.29, 0.717) is 6.42 Å². The molecule has 0 bridgehead atoms. The van der Waals surface area contributed by atoms with Gasteiger partial charge in [0.1, 0.15) is 5.82 Å². The second kappa shape index (κ2) is 6.26. The molecule has 1 fully saturated rings. The van der Waals surface area contributed by atoms with Gasteiger partial charge in [-0.3, -0.25) is 4.79 Å². The molecule has 1 aliphatic rings. The number of amides is 1. The molecule has 0 unspecified atom stereocenters. The van der Waals surface area contributed by atoms with E-state index in [1.165, 1.54) is 17.7 Å². The Hall–Kier alpha value is -1.88. The predicted molar refractivity (Wildman–Crippen MR) is 87.1 cm³/mol. The van der Waals surface area contributed by atoms with Gasteiger partial charge in [0.05, 0.1) is 18.3 Å². The Kier molecular flexibility index (Phi) is 4.20. The van der Waals surface area contributed by atoms with Gasteiger partial charge < -0.3 is 10.2 Å². The molecule has 2 aromatic heterocycles. The summed E-state index contributed by atoms with van der Waals surface area (Å²) >= 11 is 1.67. The van der Waals surface area contributed by atoms with Crippen LogP contribution in [-0.2, 0) is 11.2 Å². The highest BCUT2D eigenvalue weighted by molar-refractivity contribution is 7.10. The highest BCUT2D eigenvalue weighted by Gasteiger charge is 2.13. The minimum absolute atomic E-state index is 0.00669. The van der Waals surface area contributed by atoms with Gasteiger partial charge in [0.15, 0.2) is 0 Å². The van der Waals surface area contributed by atoms with E-state index in [1.807, 2.05) is 30.5 Å². The average Bonchev–Trinajstić information content (AvgIpc) is 3.12. The van der Waals surface area contributed by atoms with Gasteiger partial charge in [-0.1, -0.05) is 0 Å². The Morgan fingerprint density at radius 3 is 2.76 bits per heavy atom. The quantitative estimate of drug-likeness (QED) is 0.943. The Morgan fingerprint density at radius 1 is 1.33 bits per heavy atom. The third kappa shape index (κ3) is 3.42. The topological polar surface area (TPSA) is 45.2 Å².